The molecule has 3 aromatic rings. The number of ether oxygens (including phenoxy) is 1. The molecule has 8 heteroatoms. The van der Waals surface area contributed by atoms with Crippen molar-refractivity contribution >= 4 is 26.4 Å². The summed E-state index contributed by atoms with van der Waals surface area (Å²) in [6, 6.07) is 8.73. The molecule has 4 rings (SSSR count). The van der Waals surface area contributed by atoms with Crippen LogP contribution in [-0.4, -0.2) is 33.2 Å². The average Bonchev–Trinajstić information content (AvgIpc) is 2.78. The van der Waals surface area contributed by atoms with E-state index in [0.29, 0.717) is 35.3 Å². The van der Waals surface area contributed by atoms with E-state index < -0.39 is 21.1 Å². The highest BCUT2D eigenvalue weighted by atomic mass is 32.2. The van der Waals surface area contributed by atoms with Gasteiger partial charge in [-0.2, -0.15) is 0 Å². The van der Waals surface area contributed by atoms with Crippen LogP contribution in [0, 0.1) is 17.7 Å². The molecular formula is C25H29FN2O4S. The number of hydrogen-bond donors (Lipinski definition) is 0. The molecule has 6 nitrogen and oxygen atoms in total. The van der Waals surface area contributed by atoms with Crippen LogP contribution in [0.15, 0.2) is 57.2 Å². The van der Waals surface area contributed by atoms with Crippen molar-refractivity contribution in [2.24, 2.45) is 11.8 Å². The number of hydrogen-bond acceptors (Lipinski definition) is 5. The van der Waals surface area contributed by atoms with Crippen LogP contribution in [0.2, 0.25) is 0 Å². The molecule has 2 heterocycles. The molecule has 2 unspecified atom stereocenters. The molecule has 176 valence electrons. The van der Waals surface area contributed by atoms with Gasteiger partial charge in [0.25, 0.3) is 0 Å². The van der Waals surface area contributed by atoms with Gasteiger partial charge in [0.15, 0.2) is 0 Å². The van der Waals surface area contributed by atoms with Crippen LogP contribution in [0.25, 0.3) is 10.9 Å². The van der Waals surface area contributed by atoms with E-state index in [9.17, 15) is 13.2 Å². The van der Waals surface area contributed by atoms with Crippen LogP contribution >= 0.6 is 0 Å². The number of fused-ring (bicyclic) bond motifs is 1. The van der Waals surface area contributed by atoms with Crippen molar-refractivity contribution in [2.45, 2.75) is 43.5 Å². The minimum absolute atomic E-state index is 0.0178. The normalized spacial score (nSPS) is 19.1. The quantitative estimate of drug-likeness (QED) is 0.548. The molecule has 1 aliphatic rings. The summed E-state index contributed by atoms with van der Waals surface area (Å²) in [4.78, 5) is 14.9. The van der Waals surface area contributed by atoms with Crippen molar-refractivity contribution < 1.29 is 17.5 Å². The summed E-state index contributed by atoms with van der Waals surface area (Å²) in [5, 5.41) is 0.0609. The van der Waals surface area contributed by atoms with Gasteiger partial charge in [0.1, 0.15) is 16.5 Å². The number of benzene rings is 2. The lowest BCUT2D eigenvalue weighted by Crippen LogP contribution is -2.39. The molecule has 2 atom stereocenters. The predicted octanol–water partition coefficient (Wildman–Crippen LogP) is 4.48. The Morgan fingerprint density at radius 3 is 2.30 bits per heavy atom. The number of pyridine rings is 1. The lowest BCUT2D eigenvalue weighted by atomic mass is 9.91. The predicted molar refractivity (Wildman–Crippen MR) is 127 cm³/mol. The maximum atomic E-state index is 15.3. The highest BCUT2D eigenvalue weighted by molar-refractivity contribution is 7.91. The summed E-state index contributed by atoms with van der Waals surface area (Å²) < 4.78 is 48.6. The molecule has 0 aliphatic carbocycles. The Kier molecular flexibility index (Phi) is 6.22. The van der Waals surface area contributed by atoms with E-state index in [0.717, 1.165) is 19.5 Å². The van der Waals surface area contributed by atoms with E-state index in [-0.39, 0.29) is 15.2 Å². The van der Waals surface area contributed by atoms with Gasteiger partial charge in [0.05, 0.1) is 28.6 Å². The van der Waals surface area contributed by atoms with Gasteiger partial charge in [0.2, 0.25) is 15.3 Å². The third-order valence-electron chi connectivity index (χ3n) is 6.33. The highest BCUT2D eigenvalue weighted by Gasteiger charge is 2.27. The van der Waals surface area contributed by atoms with Crippen LogP contribution in [0.5, 0.6) is 5.75 Å². The Balaban J connectivity index is 1.88. The maximum absolute atomic E-state index is 15.3. The number of halogens is 1. The van der Waals surface area contributed by atoms with E-state index in [1.165, 1.54) is 43.6 Å². The monoisotopic (exact) mass is 472 g/mol. The molecule has 0 saturated carbocycles. The second-order valence-electron chi connectivity index (χ2n) is 8.96. The molecule has 0 amide bonds. The Labute approximate surface area is 193 Å². The number of rotatable bonds is 5. The van der Waals surface area contributed by atoms with Crippen LogP contribution in [0.1, 0.15) is 27.2 Å². The molecular weight excluding hydrogens is 443 g/mol. The molecule has 0 radical (unpaired) electrons. The van der Waals surface area contributed by atoms with Crippen molar-refractivity contribution in [1.29, 1.82) is 0 Å². The first-order valence-corrected chi connectivity index (χ1v) is 12.6. The first-order chi connectivity index (χ1) is 15.6. The smallest absolute Gasteiger partial charge is 0.211 e. The van der Waals surface area contributed by atoms with Gasteiger partial charge in [-0.15, -0.1) is 0 Å². The number of methoxy groups -OCH3 is 1. The van der Waals surface area contributed by atoms with Crippen molar-refractivity contribution in [1.82, 2.24) is 4.57 Å². The van der Waals surface area contributed by atoms with Gasteiger partial charge in [-0.3, -0.25) is 4.79 Å². The molecule has 1 aromatic heterocycles. The summed E-state index contributed by atoms with van der Waals surface area (Å²) in [5.41, 5.74) is 0.281. The van der Waals surface area contributed by atoms with E-state index in [1.54, 1.807) is 10.6 Å². The Hall–Kier alpha value is -2.87. The van der Waals surface area contributed by atoms with E-state index in [4.69, 9.17) is 4.74 Å². The molecule has 1 fully saturated rings. The molecule has 33 heavy (non-hydrogen) atoms. The second kappa shape index (κ2) is 8.82. The molecule has 0 N–H and O–H groups in total. The lowest BCUT2D eigenvalue weighted by molar-refractivity contribution is 0.354. The summed E-state index contributed by atoms with van der Waals surface area (Å²) in [6.07, 6.45) is 2.46. The summed E-state index contributed by atoms with van der Waals surface area (Å²) in [6.45, 7) is 8.08. The minimum Gasteiger partial charge on any atom is -0.497 e. The zero-order valence-corrected chi connectivity index (χ0v) is 20.2. The van der Waals surface area contributed by atoms with Crippen LogP contribution < -0.4 is 15.1 Å². The molecule has 0 bridgehead atoms. The first-order valence-electron chi connectivity index (χ1n) is 11.2. The van der Waals surface area contributed by atoms with Gasteiger partial charge < -0.3 is 14.2 Å². The zero-order chi connectivity index (χ0) is 23.9. The Bertz CT molecular complexity index is 1340. The highest BCUT2D eigenvalue weighted by Crippen LogP contribution is 2.31. The van der Waals surface area contributed by atoms with Gasteiger partial charge >= 0.3 is 0 Å². The molecule has 1 saturated heterocycles. The lowest BCUT2D eigenvalue weighted by Gasteiger charge is -2.37. The van der Waals surface area contributed by atoms with E-state index >= 15 is 4.39 Å². The largest absolute Gasteiger partial charge is 0.497 e. The summed E-state index contributed by atoms with van der Waals surface area (Å²) in [7, 11) is -2.61. The number of piperidine rings is 1. The van der Waals surface area contributed by atoms with Gasteiger partial charge in [-0.25, -0.2) is 12.8 Å². The average molecular weight is 473 g/mol. The third kappa shape index (κ3) is 4.24. The van der Waals surface area contributed by atoms with E-state index in [1.807, 2.05) is 11.8 Å². The molecule has 0 spiro atoms. The van der Waals surface area contributed by atoms with Crippen LogP contribution in [0.4, 0.5) is 10.1 Å². The van der Waals surface area contributed by atoms with E-state index in [2.05, 4.69) is 13.8 Å². The SMILES string of the molecule is CCn1cc(S(=O)(=O)c2ccc(OC)cc2)c(=O)c2cc(F)c(N3CC(C)CC(C)C3)cc21. The number of sulfone groups is 1. The molecule has 1 aliphatic heterocycles. The van der Waals surface area contributed by atoms with Gasteiger partial charge in [0, 0.05) is 25.8 Å². The van der Waals surface area contributed by atoms with Crippen molar-refractivity contribution in [2.75, 3.05) is 25.1 Å². The van der Waals surface area contributed by atoms with Crippen molar-refractivity contribution in [3.05, 3.63) is 58.6 Å². The summed E-state index contributed by atoms with van der Waals surface area (Å²) in [5.74, 6) is 0.875. The van der Waals surface area contributed by atoms with Gasteiger partial charge in [-0.05, 0) is 61.6 Å². The fourth-order valence-electron chi connectivity index (χ4n) is 4.81. The van der Waals surface area contributed by atoms with Gasteiger partial charge in [-0.1, -0.05) is 13.8 Å². The van der Waals surface area contributed by atoms with Crippen molar-refractivity contribution in [3.63, 3.8) is 0 Å². The fourth-order valence-corrected chi connectivity index (χ4v) is 6.18. The summed E-state index contributed by atoms with van der Waals surface area (Å²) >= 11 is 0. The zero-order valence-electron chi connectivity index (χ0n) is 19.3. The Morgan fingerprint density at radius 2 is 1.73 bits per heavy atom. The van der Waals surface area contributed by atoms with Crippen LogP contribution in [-0.2, 0) is 16.4 Å². The minimum atomic E-state index is -4.10. The van der Waals surface area contributed by atoms with Crippen LogP contribution in [0.3, 0.4) is 0 Å². The number of aromatic nitrogens is 1. The number of nitrogens with zero attached hydrogens (tertiary/aromatic N) is 2. The standard InChI is InChI=1S/C25H29FN2O4S/c1-5-27-15-24(33(30,31)19-8-6-18(32-4)7-9-19)25(29)20-11-21(26)23(12-22(20)27)28-13-16(2)10-17(3)14-28/h6-9,11-12,15-17H,5,10,13-14H2,1-4H3. The fraction of sp³-hybridized carbons (Fsp3) is 0.400. The first kappa shape index (κ1) is 23.3. The number of anilines is 1. The third-order valence-corrected chi connectivity index (χ3v) is 8.09. The maximum Gasteiger partial charge on any atom is 0.211 e. The second-order valence-corrected chi connectivity index (χ2v) is 10.9. The topological polar surface area (TPSA) is 68.6 Å². The Morgan fingerprint density at radius 1 is 1.09 bits per heavy atom. The number of aryl methyl sites for hydroxylation is 1. The molecule has 2 aromatic carbocycles. The van der Waals surface area contributed by atoms with Crippen molar-refractivity contribution in [3.8, 4) is 5.75 Å².